The highest BCUT2D eigenvalue weighted by atomic mass is 127. The standard InChI is InChI=1S/C26H37N3O3.HI/c1-5-27-26(28-18-22-15-16-32-25(22)20-11-9-8-10-12-20)29-19(4)21-13-14-23(30-6-2)24(17-21)31-7-3;/h8-14,17,19,22,25H,5-7,15-16,18H2,1-4H3,(H2,27,28,29);1H. The maximum absolute atomic E-state index is 6.03. The monoisotopic (exact) mass is 567 g/mol. The Kier molecular flexibility index (Phi) is 11.8. The van der Waals surface area contributed by atoms with Crippen molar-refractivity contribution in [3.63, 3.8) is 0 Å². The average Bonchev–Trinajstić information content (AvgIpc) is 3.28. The van der Waals surface area contributed by atoms with Crippen molar-refractivity contribution in [1.82, 2.24) is 10.6 Å². The fourth-order valence-corrected chi connectivity index (χ4v) is 3.99. The van der Waals surface area contributed by atoms with Crippen molar-refractivity contribution in [2.75, 3.05) is 32.9 Å². The predicted octanol–water partition coefficient (Wildman–Crippen LogP) is 5.50. The number of guanidine groups is 1. The normalized spacial score (nSPS) is 18.8. The van der Waals surface area contributed by atoms with Crippen LogP contribution in [0.5, 0.6) is 11.5 Å². The predicted molar refractivity (Wildman–Crippen MR) is 145 cm³/mol. The number of benzene rings is 2. The van der Waals surface area contributed by atoms with Crippen molar-refractivity contribution in [3.8, 4) is 11.5 Å². The van der Waals surface area contributed by atoms with Crippen molar-refractivity contribution >= 4 is 29.9 Å². The Bertz CT molecular complexity index is 863. The van der Waals surface area contributed by atoms with Crippen LogP contribution in [0.2, 0.25) is 0 Å². The topological polar surface area (TPSA) is 64.1 Å². The van der Waals surface area contributed by atoms with E-state index in [1.165, 1.54) is 5.56 Å². The Morgan fingerprint density at radius 1 is 1.06 bits per heavy atom. The number of nitrogens with one attached hydrogen (secondary N) is 2. The largest absolute Gasteiger partial charge is 0.490 e. The highest BCUT2D eigenvalue weighted by molar-refractivity contribution is 14.0. The van der Waals surface area contributed by atoms with Gasteiger partial charge in [0.05, 0.1) is 25.4 Å². The Morgan fingerprint density at radius 2 is 1.79 bits per heavy atom. The van der Waals surface area contributed by atoms with Crippen LogP contribution >= 0.6 is 24.0 Å². The van der Waals surface area contributed by atoms with E-state index in [1.54, 1.807) is 0 Å². The maximum atomic E-state index is 6.03. The summed E-state index contributed by atoms with van der Waals surface area (Å²) >= 11 is 0. The number of ether oxygens (including phenoxy) is 3. The molecule has 3 unspecified atom stereocenters. The van der Waals surface area contributed by atoms with Gasteiger partial charge in [0, 0.05) is 25.6 Å². The average molecular weight is 568 g/mol. The lowest BCUT2D eigenvalue weighted by molar-refractivity contribution is 0.0925. The van der Waals surface area contributed by atoms with E-state index < -0.39 is 0 Å². The molecule has 33 heavy (non-hydrogen) atoms. The zero-order valence-corrected chi connectivity index (χ0v) is 22.5. The lowest BCUT2D eigenvalue weighted by Crippen LogP contribution is -2.39. The van der Waals surface area contributed by atoms with E-state index in [2.05, 4.69) is 54.8 Å². The smallest absolute Gasteiger partial charge is 0.191 e. The quantitative estimate of drug-likeness (QED) is 0.226. The van der Waals surface area contributed by atoms with E-state index >= 15 is 0 Å². The first-order valence-corrected chi connectivity index (χ1v) is 11.8. The molecule has 2 aromatic carbocycles. The number of rotatable bonds is 10. The molecule has 2 N–H and O–H groups in total. The van der Waals surface area contributed by atoms with E-state index in [4.69, 9.17) is 19.2 Å². The minimum Gasteiger partial charge on any atom is -0.490 e. The second-order valence-corrected chi connectivity index (χ2v) is 7.91. The fourth-order valence-electron chi connectivity index (χ4n) is 3.99. The lowest BCUT2D eigenvalue weighted by atomic mass is 9.95. The molecule has 0 saturated carbocycles. The molecular weight excluding hydrogens is 529 g/mol. The molecule has 1 saturated heterocycles. The minimum absolute atomic E-state index is 0. The van der Waals surface area contributed by atoms with Crippen LogP contribution in [0.1, 0.15) is 57.4 Å². The van der Waals surface area contributed by atoms with Gasteiger partial charge in [-0.2, -0.15) is 0 Å². The number of hydrogen-bond acceptors (Lipinski definition) is 4. The van der Waals surface area contributed by atoms with Crippen LogP contribution in [0.15, 0.2) is 53.5 Å². The summed E-state index contributed by atoms with van der Waals surface area (Å²) in [7, 11) is 0. The Balaban J connectivity index is 0.00000385. The van der Waals surface area contributed by atoms with Gasteiger partial charge in [0.25, 0.3) is 0 Å². The van der Waals surface area contributed by atoms with Crippen molar-refractivity contribution < 1.29 is 14.2 Å². The summed E-state index contributed by atoms with van der Waals surface area (Å²) in [6, 6.07) is 16.6. The van der Waals surface area contributed by atoms with E-state index in [-0.39, 0.29) is 36.1 Å². The van der Waals surface area contributed by atoms with Gasteiger partial charge in [0.2, 0.25) is 0 Å². The molecule has 1 aliphatic heterocycles. The van der Waals surface area contributed by atoms with E-state index in [1.807, 2.05) is 32.0 Å². The van der Waals surface area contributed by atoms with Gasteiger partial charge in [-0.15, -0.1) is 24.0 Å². The molecule has 0 aromatic heterocycles. The Morgan fingerprint density at radius 3 is 2.48 bits per heavy atom. The lowest BCUT2D eigenvalue weighted by Gasteiger charge is -2.21. The highest BCUT2D eigenvalue weighted by Crippen LogP contribution is 2.34. The summed E-state index contributed by atoms with van der Waals surface area (Å²) in [4.78, 5) is 4.90. The molecule has 182 valence electrons. The first-order chi connectivity index (χ1) is 15.7. The summed E-state index contributed by atoms with van der Waals surface area (Å²) in [5.41, 5.74) is 2.35. The number of hydrogen-bond donors (Lipinski definition) is 2. The van der Waals surface area contributed by atoms with Gasteiger partial charge in [0.1, 0.15) is 0 Å². The summed E-state index contributed by atoms with van der Waals surface area (Å²) in [5, 5.41) is 6.91. The second kappa shape index (κ2) is 14.3. The minimum atomic E-state index is 0. The van der Waals surface area contributed by atoms with Gasteiger partial charge in [-0.05, 0) is 57.4 Å². The summed E-state index contributed by atoms with van der Waals surface area (Å²) in [6.45, 7) is 11.7. The van der Waals surface area contributed by atoms with Crippen molar-refractivity contribution in [1.29, 1.82) is 0 Å². The van der Waals surface area contributed by atoms with Crippen molar-refractivity contribution in [2.24, 2.45) is 10.9 Å². The van der Waals surface area contributed by atoms with Crippen LogP contribution < -0.4 is 20.1 Å². The number of aliphatic imine (C=N–C) groups is 1. The molecule has 0 amide bonds. The summed E-state index contributed by atoms with van der Waals surface area (Å²) in [5.74, 6) is 2.74. The van der Waals surface area contributed by atoms with Gasteiger partial charge < -0.3 is 24.8 Å². The van der Waals surface area contributed by atoms with Crippen LogP contribution in [0.25, 0.3) is 0 Å². The fraction of sp³-hybridized carbons (Fsp3) is 0.500. The number of halogens is 1. The molecule has 0 spiro atoms. The molecule has 6 nitrogen and oxygen atoms in total. The molecule has 2 aromatic rings. The SMILES string of the molecule is CCNC(=NCC1CCOC1c1ccccc1)NC(C)c1ccc(OCC)c(OCC)c1.I. The van der Waals surface area contributed by atoms with Crippen molar-refractivity contribution in [3.05, 3.63) is 59.7 Å². The van der Waals surface area contributed by atoms with Gasteiger partial charge >= 0.3 is 0 Å². The first kappa shape index (κ1) is 27.2. The molecule has 7 heteroatoms. The summed E-state index contributed by atoms with van der Waals surface area (Å²) < 4.78 is 17.5. The third-order valence-electron chi connectivity index (χ3n) is 5.59. The zero-order valence-electron chi connectivity index (χ0n) is 20.2. The van der Waals surface area contributed by atoms with Gasteiger partial charge in [-0.3, -0.25) is 4.99 Å². The Labute approximate surface area is 215 Å². The first-order valence-electron chi connectivity index (χ1n) is 11.8. The van der Waals surface area contributed by atoms with Crippen LogP contribution in [0, 0.1) is 5.92 Å². The molecule has 0 aliphatic carbocycles. The molecule has 0 radical (unpaired) electrons. The van der Waals surface area contributed by atoms with E-state index in [0.29, 0.717) is 19.1 Å². The van der Waals surface area contributed by atoms with E-state index in [9.17, 15) is 0 Å². The Hall–Kier alpha value is -2.00. The van der Waals surface area contributed by atoms with Crippen LogP contribution in [-0.2, 0) is 4.74 Å². The third kappa shape index (κ3) is 7.78. The van der Waals surface area contributed by atoms with Gasteiger partial charge in [-0.25, -0.2) is 0 Å². The van der Waals surface area contributed by atoms with Crippen LogP contribution in [0.4, 0.5) is 0 Å². The van der Waals surface area contributed by atoms with E-state index in [0.717, 1.165) is 49.1 Å². The van der Waals surface area contributed by atoms with Gasteiger partial charge in [-0.1, -0.05) is 36.4 Å². The molecule has 3 rings (SSSR count). The molecule has 3 atom stereocenters. The molecular formula is C26H38IN3O3. The summed E-state index contributed by atoms with van der Waals surface area (Å²) in [6.07, 6.45) is 1.13. The second-order valence-electron chi connectivity index (χ2n) is 7.91. The molecule has 1 fully saturated rings. The third-order valence-corrected chi connectivity index (χ3v) is 5.59. The molecule has 0 bridgehead atoms. The van der Waals surface area contributed by atoms with Crippen LogP contribution in [-0.4, -0.2) is 38.9 Å². The zero-order chi connectivity index (χ0) is 22.8. The highest BCUT2D eigenvalue weighted by Gasteiger charge is 2.29. The van der Waals surface area contributed by atoms with Gasteiger partial charge in [0.15, 0.2) is 17.5 Å². The van der Waals surface area contributed by atoms with Crippen molar-refractivity contribution in [2.45, 2.75) is 46.3 Å². The number of nitrogens with zero attached hydrogens (tertiary/aromatic N) is 1. The van der Waals surface area contributed by atoms with Crippen LogP contribution in [0.3, 0.4) is 0 Å². The molecule has 1 heterocycles. The molecule has 1 aliphatic rings. The maximum Gasteiger partial charge on any atom is 0.191 e.